The molecule has 24 heavy (non-hydrogen) atoms. The second kappa shape index (κ2) is 6.74. The largest absolute Gasteiger partial charge is 0.467 e. The van der Waals surface area contributed by atoms with E-state index in [2.05, 4.69) is 20.5 Å². The molecule has 0 bridgehead atoms. The van der Waals surface area contributed by atoms with Gasteiger partial charge in [0.1, 0.15) is 5.76 Å². The number of carbonyl (C=O) groups excluding carboxylic acids is 1. The molecular formula is C16H21N5O3. The molecule has 1 amide bonds. The van der Waals surface area contributed by atoms with Crippen molar-refractivity contribution in [3.8, 4) is 0 Å². The first-order valence-electron chi connectivity index (χ1n) is 8.32. The summed E-state index contributed by atoms with van der Waals surface area (Å²) in [6, 6.07) is 3.86. The van der Waals surface area contributed by atoms with Gasteiger partial charge >= 0.3 is 0 Å². The fourth-order valence-electron chi connectivity index (χ4n) is 3.39. The van der Waals surface area contributed by atoms with Gasteiger partial charge in [-0.3, -0.25) is 4.79 Å². The van der Waals surface area contributed by atoms with Gasteiger partial charge in [0.2, 0.25) is 5.91 Å². The molecule has 2 aliphatic heterocycles. The number of nitrogens with one attached hydrogen (secondary N) is 1. The molecule has 2 aliphatic rings. The maximum atomic E-state index is 12.0. The number of amides is 1. The van der Waals surface area contributed by atoms with Crippen LogP contribution in [0, 0.1) is 0 Å². The molecule has 1 N–H and O–H groups in total. The topological polar surface area (TPSA) is 85.4 Å². The molecule has 4 heterocycles. The van der Waals surface area contributed by atoms with Crippen molar-refractivity contribution < 1.29 is 13.9 Å². The SMILES string of the molecule is O=C(CCN1CC[C@H]2OCc3cnnn3[C@H]2C1)NCc1ccco1. The summed E-state index contributed by atoms with van der Waals surface area (Å²) < 4.78 is 13.1. The lowest BCUT2D eigenvalue weighted by Crippen LogP contribution is -2.48. The molecule has 0 aromatic carbocycles. The second-order valence-electron chi connectivity index (χ2n) is 6.28. The van der Waals surface area contributed by atoms with Crippen LogP contribution in [-0.2, 0) is 22.7 Å². The molecule has 8 heteroatoms. The Morgan fingerprint density at radius 3 is 3.29 bits per heavy atom. The van der Waals surface area contributed by atoms with Crippen molar-refractivity contribution in [2.24, 2.45) is 0 Å². The van der Waals surface area contributed by atoms with E-state index in [9.17, 15) is 4.79 Å². The lowest BCUT2D eigenvalue weighted by Gasteiger charge is -2.40. The van der Waals surface area contributed by atoms with Gasteiger partial charge in [-0.1, -0.05) is 5.21 Å². The molecule has 4 rings (SSSR count). The average Bonchev–Trinajstić information content (AvgIpc) is 3.29. The number of carbonyl (C=O) groups is 1. The van der Waals surface area contributed by atoms with Gasteiger partial charge in [0.05, 0.1) is 43.5 Å². The maximum absolute atomic E-state index is 12.0. The van der Waals surface area contributed by atoms with Crippen LogP contribution in [0.4, 0.5) is 0 Å². The number of rotatable bonds is 5. The summed E-state index contributed by atoms with van der Waals surface area (Å²) in [5, 5.41) is 11.1. The third kappa shape index (κ3) is 3.20. The van der Waals surface area contributed by atoms with Crippen LogP contribution in [0.2, 0.25) is 0 Å². The van der Waals surface area contributed by atoms with E-state index < -0.39 is 0 Å². The predicted octanol–water partition coefficient (Wildman–Crippen LogP) is 0.723. The smallest absolute Gasteiger partial charge is 0.221 e. The second-order valence-corrected chi connectivity index (χ2v) is 6.28. The molecule has 0 spiro atoms. The van der Waals surface area contributed by atoms with E-state index in [-0.39, 0.29) is 18.1 Å². The van der Waals surface area contributed by atoms with E-state index in [0.717, 1.165) is 37.5 Å². The van der Waals surface area contributed by atoms with Crippen LogP contribution < -0.4 is 5.32 Å². The standard InChI is InChI=1S/C16H21N5O3/c22-16(17-9-13-2-1-7-23-13)4-6-20-5-3-15-14(10-20)21-12(11-24-15)8-18-19-21/h1-2,7-8,14-15H,3-6,9-11H2,(H,17,22)/t14-,15+/m0/s1. The highest BCUT2D eigenvalue weighted by atomic mass is 16.5. The Morgan fingerprint density at radius 2 is 2.42 bits per heavy atom. The predicted molar refractivity (Wildman–Crippen MR) is 83.9 cm³/mol. The quantitative estimate of drug-likeness (QED) is 0.869. The van der Waals surface area contributed by atoms with Crippen molar-refractivity contribution in [2.45, 2.75) is 38.1 Å². The number of likely N-dealkylation sites (tertiary alicyclic amines) is 1. The van der Waals surface area contributed by atoms with Gasteiger partial charge in [-0.2, -0.15) is 0 Å². The van der Waals surface area contributed by atoms with Crippen LogP contribution in [0.1, 0.15) is 30.3 Å². The molecule has 128 valence electrons. The van der Waals surface area contributed by atoms with Crippen LogP contribution in [0.3, 0.4) is 0 Å². The normalized spacial score (nSPS) is 23.5. The van der Waals surface area contributed by atoms with Crippen LogP contribution >= 0.6 is 0 Å². The maximum Gasteiger partial charge on any atom is 0.221 e. The zero-order chi connectivity index (χ0) is 16.4. The Bertz CT molecular complexity index is 684. The fraction of sp³-hybridized carbons (Fsp3) is 0.562. The first-order valence-corrected chi connectivity index (χ1v) is 8.32. The average molecular weight is 331 g/mol. The van der Waals surface area contributed by atoms with Crippen LogP contribution in [-0.4, -0.2) is 51.5 Å². The van der Waals surface area contributed by atoms with Gasteiger partial charge in [-0.25, -0.2) is 4.68 Å². The molecule has 0 unspecified atom stereocenters. The Morgan fingerprint density at radius 1 is 1.46 bits per heavy atom. The summed E-state index contributed by atoms with van der Waals surface area (Å²) >= 11 is 0. The summed E-state index contributed by atoms with van der Waals surface area (Å²) in [7, 11) is 0. The minimum Gasteiger partial charge on any atom is -0.467 e. The lowest BCUT2D eigenvalue weighted by atomic mass is 10.0. The summed E-state index contributed by atoms with van der Waals surface area (Å²) in [5.41, 5.74) is 1.02. The van der Waals surface area contributed by atoms with Crippen LogP contribution in [0.5, 0.6) is 0 Å². The van der Waals surface area contributed by atoms with Crippen LogP contribution in [0.15, 0.2) is 29.0 Å². The number of aromatic nitrogens is 3. The Hall–Kier alpha value is -2.19. The number of nitrogens with zero attached hydrogens (tertiary/aromatic N) is 4. The highest BCUT2D eigenvalue weighted by Gasteiger charge is 2.36. The van der Waals surface area contributed by atoms with Crippen molar-refractivity contribution in [3.63, 3.8) is 0 Å². The minimum atomic E-state index is 0.0369. The molecule has 0 saturated carbocycles. The zero-order valence-electron chi connectivity index (χ0n) is 13.4. The number of fused-ring (bicyclic) bond motifs is 3. The first kappa shape index (κ1) is 15.3. The third-order valence-corrected chi connectivity index (χ3v) is 4.71. The zero-order valence-corrected chi connectivity index (χ0v) is 13.4. The van der Waals surface area contributed by atoms with Crippen molar-refractivity contribution in [3.05, 3.63) is 36.0 Å². The monoisotopic (exact) mass is 331 g/mol. The summed E-state index contributed by atoms with van der Waals surface area (Å²) in [4.78, 5) is 14.3. The molecule has 0 radical (unpaired) electrons. The Labute approximate surface area is 139 Å². The number of furan rings is 1. The Kier molecular flexibility index (Phi) is 4.31. The van der Waals surface area contributed by atoms with E-state index in [1.165, 1.54) is 0 Å². The molecule has 0 aliphatic carbocycles. The van der Waals surface area contributed by atoms with Crippen molar-refractivity contribution in [1.82, 2.24) is 25.2 Å². The first-order chi connectivity index (χ1) is 11.8. The number of hydrogen-bond acceptors (Lipinski definition) is 6. The van der Waals surface area contributed by atoms with Gasteiger partial charge in [-0.15, -0.1) is 5.10 Å². The van der Waals surface area contributed by atoms with Crippen molar-refractivity contribution >= 4 is 5.91 Å². The molecule has 2 aromatic rings. The molecule has 1 fully saturated rings. The Balaban J connectivity index is 1.27. The van der Waals surface area contributed by atoms with E-state index >= 15 is 0 Å². The number of piperidine rings is 1. The molecular weight excluding hydrogens is 310 g/mol. The van der Waals surface area contributed by atoms with Gasteiger partial charge in [-0.05, 0) is 18.6 Å². The van der Waals surface area contributed by atoms with Gasteiger partial charge in [0.15, 0.2) is 0 Å². The fourth-order valence-corrected chi connectivity index (χ4v) is 3.39. The molecule has 2 aromatic heterocycles. The summed E-state index contributed by atoms with van der Waals surface area (Å²) in [5.74, 6) is 0.803. The molecule has 1 saturated heterocycles. The van der Waals surface area contributed by atoms with Crippen molar-refractivity contribution in [2.75, 3.05) is 19.6 Å². The van der Waals surface area contributed by atoms with Gasteiger partial charge in [0.25, 0.3) is 0 Å². The van der Waals surface area contributed by atoms with Gasteiger partial charge in [0, 0.05) is 26.1 Å². The third-order valence-electron chi connectivity index (χ3n) is 4.71. The highest BCUT2D eigenvalue weighted by Crippen LogP contribution is 2.29. The number of ether oxygens (including phenoxy) is 1. The lowest BCUT2D eigenvalue weighted by molar-refractivity contribution is -0.122. The highest BCUT2D eigenvalue weighted by molar-refractivity contribution is 5.75. The van der Waals surface area contributed by atoms with Gasteiger partial charge < -0.3 is 19.4 Å². The minimum absolute atomic E-state index is 0.0369. The summed E-state index contributed by atoms with van der Waals surface area (Å²) in [6.07, 6.45) is 5.00. The molecule has 8 nitrogen and oxygen atoms in total. The van der Waals surface area contributed by atoms with Crippen LogP contribution in [0.25, 0.3) is 0 Å². The van der Waals surface area contributed by atoms with E-state index in [1.54, 1.807) is 12.5 Å². The van der Waals surface area contributed by atoms with E-state index in [4.69, 9.17) is 9.15 Å². The molecule has 2 atom stereocenters. The van der Waals surface area contributed by atoms with E-state index in [1.807, 2.05) is 16.8 Å². The van der Waals surface area contributed by atoms with E-state index in [0.29, 0.717) is 19.6 Å². The van der Waals surface area contributed by atoms with Crippen molar-refractivity contribution in [1.29, 1.82) is 0 Å². The number of hydrogen-bond donors (Lipinski definition) is 1. The summed E-state index contributed by atoms with van der Waals surface area (Å²) in [6.45, 7) is 3.54.